The van der Waals surface area contributed by atoms with Crippen LogP contribution in [0.4, 0.5) is 0 Å². The summed E-state index contributed by atoms with van der Waals surface area (Å²) in [6.07, 6.45) is 11.8. The van der Waals surface area contributed by atoms with Gasteiger partial charge in [0, 0.05) is 18.1 Å². The average Bonchev–Trinajstić information content (AvgIpc) is 3.01. The molecule has 2 aliphatic carbocycles. The number of carbonyl (C=O) groups is 1. The van der Waals surface area contributed by atoms with Crippen molar-refractivity contribution in [2.45, 2.75) is 70.9 Å². The molecule has 0 bridgehead atoms. The summed E-state index contributed by atoms with van der Waals surface area (Å²) < 4.78 is 0. The topological polar surface area (TPSA) is 23.6 Å². The number of likely N-dealkylation sites (N-methyl/N-ethyl adjacent to an activating group) is 1. The molecule has 23 heavy (non-hydrogen) atoms. The molecule has 1 atom stereocenters. The third kappa shape index (κ3) is 2.84. The molecule has 3 rings (SSSR count). The van der Waals surface area contributed by atoms with E-state index < -0.39 is 0 Å². The monoisotopic (exact) mass is 334 g/mol. The lowest BCUT2D eigenvalue weighted by Crippen LogP contribution is -2.55. The second-order valence-corrected chi connectivity index (χ2v) is 7.20. The number of hydrogen-bond acceptors (Lipinski definition) is 2. The average molecular weight is 335 g/mol. The first-order valence-electron chi connectivity index (χ1n) is 8.94. The zero-order valence-corrected chi connectivity index (χ0v) is 15.2. The van der Waals surface area contributed by atoms with Crippen LogP contribution in [0.3, 0.4) is 0 Å². The molecule has 3 nitrogen and oxygen atoms in total. The Morgan fingerprint density at radius 2 is 1.91 bits per heavy atom. The molecule has 1 aliphatic heterocycles. The van der Waals surface area contributed by atoms with Gasteiger partial charge in [-0.1, -0.05) is 44.4 Å². The van der Waals surface area contributed by atoms with Gasteiger partial charge in [-0.3, -0.25) is 4.79 Å². The zero-order chi connectivity index (χ0) is 16.6. The molecular formula is C19H27ClN2O. The highest BCUT2D eigenvalue weighted by atomic mass is 35.5. The van der Waals surface area contributed by atoms with Crippen molar-refractivity contribution in [3.05, 3.63) is 34.2 Å². The molecule has 1 heterocycles. The van der Waals surface area contributed by atoms with Crippen LogP contribution in [0.25, 0.3) is 0 Å². The van der Waals surface area contributed by atoms with Crippen molar-refractivity contribution in [3.8, 4) is 0 Å². The number of allylic oxidation sites excluding steroid dienone is 4. The van der Waals surface area contributed by atoms with Gasteiger partial charge in [0.1, 0.15) is 6.04 Å². The van der Waals surface area contributed by atoms with Gasteiger partial charge in [-0.2, -0.15) is 0 Å². The van der Waals surface area contributed by atoms with E-state index in [4.69, 9.17) is 11.6 Å². The number of carbonyl (C=O) groups excluding carboxylic acids is 1. The Morgan fingerprint density at radius 1 is 1.22 bits per heavy atom. The largest absolute Gasteiger partial charge is 0.355 e. The Hall–Kier alpha value is -1.22. The molecule has 4 heteroatoms. The third-order valence-electron chi connectivity index (χ3n) is 5.53. The van der Waals surface area contributed by atoms with Crippen LogP contribution in [-0.2, 0) is 4.79 Å². The summed E-state index contributed by atoms with van der Waals surface area (Å²) in [5.41, 5.74) is 3.44. The number of piperazine rings is 1. The third-order valence-corrected chi connectivity index (χ3v) is 5.90. The van der Waals surface area contributed by atoms with Gasteiger partial charge < -0.3 is 9.80 Å². The molecule has 3 aliphatic rings. The van der Waals surface area contributed by atoms with E-state index in [-0.39, 0.29) is 11.9 Å². The van der Waals surface area contributed by atoms with Crippen LogP contribution in [0.5, 0.6) is 0 Å². The first-order valence-corrected chi connectivity index (χ1v) is 9.31. The number of rotatable bonds is 3. The standard InChI is InChI=1S/C19H27ClN2O/c1-4-13-10-11-17-18(12-15(13)20)22(14-8-6-7-9-14)16(5-2)19(23)21(17)3/h11-12,14,16H,4-10H2,1-3H3. The summed E-state index contributed by atoms with van der Waals surface area (Å²) in [7, 11) is 1.90. The highest BCUT2D eigenvalue weighted by Gasteiger charge is 2.41. The van der Waals surface area contributed by atoms with Gasteiger partial charge in [0.15, 0.2) is 0 Å². The summed E-state index contributed by atoms with van der Waals surface area (Å²) in [5, 5.41) is 0.856. The highest BCUT2D eigenvalue weighted by Crippen LogP contribution is 2.39. The lowest BCUT2D eigenvalue weighted by Gasteiger charge is -2.46. The minimum absolute atomic E-state index is 0.0563. The van der Waals surface area contributed by atoms with Crippen LogP contribution < -0.4 is 0 Å². The zero-order valence-electron chi connectivity index (χ0n) is 14.4. The summed E-state index contributed by atoms with van der Waals surface area (Å²) >= 11 is 6.59. The van der Waals surface area contributed by atoms with Crippen molar-refractivity contribution in [3.63, 3.8) is 0 Å². The Morgan fingerprint density at radius 3 is 2.52 bits per heavy atom. The van der Waals surface area contributed by atoms with Crippen LogP contribution >= 0.6 is 11.6 Å². The van der Waals surface area contributed by atoms with Crippen molar-refractivity contribution in [1.29, 1.82) is 0 Å². The van der Waals surface area contributed by atoms with E-state index in [1.54, 1.807) is 0 Å². The van der Waals surface area contributed by atoms with E-state index in [1.807, 2.05) is 11.9 Å². The Balaban J connectivity index is 2.09. The molecular weight excluding hydrogens is 308 g/mol. The molecule has 2 fully saturated rings. The minimum Gasteiger partial charge on any atom is -0.355 e. The fourth-order valence-electron chi connectivity index (χ4n) is 4.18. The molecule has 0 N–H and O–H groups in total. The molecule has 0 radical (unpaired) electrons. The number of halogens is 1. The Labute approximate surface area is 144 Å². The van der Waals surface area contributed by atoms with Gasteiger partial charge in [0.05, 0.1) is 11.4 Å². The van der Waals surface area contributed by atoms with Gasteiger partial charge >= 0.3 is 0 Å². The van der Waals surface area contributed by atoms with Crippen molar-refractivity contribution in [2.24, 2.45) is 0 Å². The number of amides is 1. The molecule has 0 aromatic rings. The minimum atomic E-state index is -0.0563. The molecule has 1 saturated heterocycles. The summed E-state index contributed by atoms with van der Waals surface area (Å²) in [4.78, 5) is 17.1. The summed E-state index contributed by atoms with van der Waals surface area (Å²) in [6.45, 7) is 4.25. The fourth-order valence-corrected chi connectivity index (χ4v) is 4.49. The van der Waals surface area contributed by atoms with Crippen molar-refractivity contribution < 1.29 is 4.79 Å². The Bertz CT molecular complexity index is 584. The predicted octanol–water partition coefficient (Wildman–Crippen LogP) is 4.56. The second-order valence-electron chi connectivity index (χ2n) is 6.79. The summed E-state index contributed by atoms with van der Waals surface area (Å²) in [6, 6.07) is 0.416. The van der Waals surface area contributed by atoms with E-state index >= 15 is 0 Å². The van der Waals surface area contributed by atoms with Gasteiger partial charge in [0.25, 0.3) is 0 Å². The van der Waals surface area contributed by atoms with E-state index in [2.05, 4.69) is 30.9 Å². The quantitative estimate of drug-likeness (QED) is 0.755. The van der Waals surface area contributed by atoms with E-state index in [0.29, 0.717) is 6.04 Å². The number of hydrogen-bond donors (Lipinski definition) is 0. The van der Waals surface area contributed by atoms with Crippen LogP contribution in [0.1, 0.15) is 58.8 Å². The lowest BCUT2D eigenvalue weighted by atomic mass is 9.99. The molecule has 1 unspecified atom stereocenters. The van der Waals surface area contributed by atoms with Gasteiger partial charge in [-0.05, 0) is 43.8 Å². The number of fused-ring (bicyclic) bond motifs is 1. The van der Waals surface area contributed by atoms with Crippen LogP contribution in [0.2, 0.25) is 0 Å². The van der Waals surface area contributed by atoms with Crippen LogP contribution in [0, 0.1) is 0 Å². The predicted molar refractivity (Wildman–Crippen MR) is 94.9 cm³/mol. The molecule has 126 valence electrons. The van der Waals surface area contributed by atoms with Gasteiger partial charge in [0.2, 0.25) is 5.91 Å². The molecule has 1 saturated carbocycles. The highest BCUT2D eigenvalue weighted by molar-refractivity contribution is 6.31. The van der Waals surface area contributed by atoms with Crippen LogP contribution in [-0.4, -0.2) is 34.8 Å². The molecule has 0 spiro atoms. The van der Waals surface area contributed by atoms with E-state index in [9.17, 15) is 4.79 Å². The normalized spacial score (nSPS) is 26.3. The van der Waals surface area contributed by atoms with E-state index in [0.717, 1.165) is 35.7 Å². The van der Waals surface area contributed by atoms with Crippen molar-refractivity contribution >= 4 is 17.5 Å². The maximum atomic E-state index is 12.9. The molecule has 0 aromatic carbocycles. The Kier molecular flexibility index (Phi) is 4.86. The molecule has 1 amide bonds. The second kappa shape index (κ2) is 6.72. The lowest BCUT2D eigenvalue weighted by molar-refractivity contribution is -0.136. The SMILES string of the molecule is CCC1=C(Cl)C=C2C(=CC1)N(C)C(=O)C(CC)N2C1CCCC1. The van der Waals surface area contributed by atoms with Gasteiger partial charge in [-0.25, -0.2) is 0 Å². The smallest absolute Gasteiger partial charge is 0.249 e. The first kappa shape index (κ1) is 16.6. The maximum absolute atomic E-state index is 12.9. The van der Waals surface area contributed by atoms with Crippen molar-refractivity contribution in [1.82, 2.24) is 9.80 Å². The fraction of sp³-hybridized carbons (Fsp3) is 0.632. The number of nitrogens with zero attached hydrogens (tertiary/aromatic N) is 2. The first-order chi connectivity index (χ1) is 11.1. The van der Waals surface area contributed by atoms with Crippen LogP contribution in [0.15, 0.2) is 34.2 Å². The maximum Gasteiger partial charge on any atom is 0.249 e. The van der Waals surface area contributed by atoms with Gasteiger partial charge in [-0.15, -0.1) is 0 Å². The molecule has 0 aromatic heterocycles. The van der Waals surface area contributed by atoms with E-state index in [1.165, 1.54) is 31.3 Å². The summed E-state index contributed by atoms with van der Waals surface area (Å²) in [5.74, 6) is 0.221. The van der Waals surface area contributed by atoms with Crippen molar-refractivity contribution in [2.75, 3.05) is 7.05 Å².